The van der Waals surface area contributed by atoms with Gasteiger partial charge in [-0.15, -0.1) is 0 Å². The Labute approximate surface area is 99.6 Å². The standard InChI is InChI=1S/C12H16N4O/c13-7-9-3-2-6-16(8-9)12-15-11-10(17-12)4-1-5-14-11/h1,4-5,9H,2-3,6-8,13H2/t9-/m0/s1. The summed E-state index contributed by atoms with van der Waals surface area (Å²) in [4.78, 5) is 10.8. The van der Waals surface area contributed by atoms with Crippen molar-refractivity contribution >= 4 is 17.2 Å². The lowest BCUT2D eigenvalue weighted by Gasteiger charge is -2.30. The van der Waals surface area contributed by atoms with E-state index < -0.39 is 0 Å². The van der Waals surface area contributed by atoms with Crippen molar-refractivity contribution in [2.45, 2.75) is 12.8 Å². The first kappa shape index (κ1) is 10.5. The molecule has 1 aliphatic rings. The van der Waals surface area contributed by atoms with E-state index in [0.29, 0.717) is 17.6 Å². The van der Waals surface area contributed by atoms with E-state index in [1.807, 2.05) is 12.1 Å². The van der Waals surface area contributed by atoms with Gasteiger partial charge in [0.05, 0.1) is 0 Å². The van der Waals surface area contributed by atoms with Crippen LogP contribution in [0.1, 0.15) is 12.8 Å². The van der Waals surface area contributed by atoms with Gasteiger partial charge in [0, 0.05) is 19.3 Å². The molecule has 90 valence electrons. The minimum Gasteiger partial charge on any atom is -0.422 e. The zero-order chi connectivity index (χ0) is 11.7. The highest BCUT2D eigenvalue weighted by Crippen LogP contribution is 2.24. The Morgan fingerprint density at radius 3 is 3.29 bits per heavy atom. The molecule has 2 aromatic heterocycles. The van der Waals surface area contributed by atoms with E-state index in [1.54, 1.807) is 6.20 Å². The van der Waals surface area contributed by atoms with Gasteiger partial charge < -0.3 is 15.1 Å². The quantitative estimate of drug-likeness (QED) is 0.847. The van der Waals surface area contributed by atoms with Crippen LogP contribution in [0.5, 0.6) is 0 Å². The van der Waals surface area contributed by atoms with Crippen LogP contribution in [-0.2, 0) is 0 Å². The predicted molar refractivity (Wildman–Crippen MR) is 65.8 cm³/mol. The molecule has 2 N–H and O–H groups in total. The Hall–Kier alpha value is -1.62. The zero-order valence-electron chi connectivity index (χ0n) is 9.67. The van der Waals surface area contributed by atoms with Gasteiger partial charge in [0.15, 0.2) is 5.58 Å². The predicted octanol–water partition coefficient (Wildman–Crippen LogP) is 1.40. The van der Waals surface area contributed by atoms with Gasteiger partial charge in [0.1, 0.15) is 0 Å². The van der Waals surface area contributed by atoms with Gasteiger partial charge in [0.25, 0.3) is 6.01 Å². The first-order chi connectivity index (χ1) is 8.36. The smallest absolute Gasteiger partial charge is 0.299 e. The van der Waals surface area contributed by atoms with Crippen LogP contribution in [0.2, 0.25) is 0 Å². The van der Waals surface area contributed by atoms with Crippen LogP contribution in [0.3, 0.4) is 0 Å². The van der Waals surface area contributed by atoms with Crippen LogP contribution in [0.4, 0.5) is 6.01 Å². The van der Waals surface area contributed by atoms with Crippen LogP contribution in [0.25, 0.3) is 11.2 Å². The number of hydrogen-bond donors (Lipinski definition) is 1. The summed E-state index contributed by atoms with van der Waals surface area (Å²) < 4.78 is 5.71. The van der Waals surface area contributed by atoms with Crippen molar-refractivity contribution < 1.29 is 4.42 Å². The molecule has 0 spiro atoms. The molecule has 0 aliphatic carbocycles. The van der Waals surface area contributed by atoms with Crippen molar-refractivity contribution in [2.24, 2.45) is 11.7 Å². The molecule has 0 radical (unpaired) electrons. The third-order valence-electron chi connectivity index (χ3n) is 3.28. The lowest BCUT2D eigenvalue weighted by Crippen LogP contribution is -2.38. The highest BCUT2D eigenvalue weighted by molar-refractivity contribution is 5.69. The van der Waals surface area contributed by atoms with Crippen molar-refractivity contribution in [1.82, 2.24) is 9.97 Å². The Kier molecular flexibility index (Phi) is 2.68. The van der Waals surface area contributed by atoms with E-state index in [4.69, 9.17) is 10.2 Å². The average Bonchev–Trinajstić information content (AvgIpc) is 2.82. The first-order valence-electron chi connectivity index (χ1n) is 6.03. The third kappa shape index (κ3) is 1.98. The van der Waals surface area contributed by atoms with Crippen LogP contribution in [-0.4, -0.2) is 29.6 Å². The minimum absolute atomic E-state index is 0.548. The van der Waals surface area contributed by atoms with E-state index in [1.165, 1.54) is 6.42 Å². The molecule has 1 fully saturated rings. The second kappa shape index (κ2) is 4.33. The number of rotatable bonds is 2. The molecule has 2 aromatic rings. The minimum atomic E-state index is 0.548. The van der Waals surface area contributed by atoms with Crippen LogP contribution < -0.4 is 10.6 Å². The monoisotopic (exact) mass is 232 g/mol. The molecule has 17 heavy (non-hydrogen) atoms. The van der Waals surface area contributed by atoms with Crippen molar-refractivity contribution in [3.05, 3.63) is 18.3 Å². The maximum absolute atomic E-state index is 5.73. The molecular weight excluding hydrogens is 216 g/mol. The fraction of sp³-hybridized carbons (Fsp3) is 0.500. The maximum atomic E-state index is 5.73. The third-order valence-corrected chi connectivity index (χ3v) is 3.28. The van der Waals surface area contributed by atoms with Gasteiger partial charge in [-0.1, -0.05) is 0 Å². The Bertz CT molecular complexity index is 477. The SMILES string of the molecule is NC[C@@H]1CCCN(c2nc3ncccc3o2)C1. The van der Waals surface area contributed by atoms with Gasteiger partial charge in [0.2, 0.25) is 5.65 Å². The lowest BCUT2D eigenvalue weighted by molar-refractivity contribution is 0.403. The molecule has 0 amide bonds. The lowest BCUT2D eigenvalue weighted by atomic mass is 9.99. The number of nitrogens with zero attached hydrogens (tertiary/aromatic N) is 3. The second-order valence-corrected chi connectivity index (χ2v) is 4.51. The highest BCUT2D eigenvalue weighted by atomic mass is 16.4. The zero-order valence-corrected chi connectivity index (χ0v) is 9.67. The molecule has 1 atom stereocenters. The molecule has 1 saturated heterocycles. The van der Waals surface area contributed by atoms with E-state index >= 15 is 0 Å². The molecule has 3 heterocycles. The number of fused-ring (bicyclic) bond motifs is 1. The normalized spacial score (nSPS) is 21.0. The van der Waals surface area contributed by atoms with Crippen molar-refractivity contribution in [3.63, 3.8) is 0 Å². The summed E-state index contributed by atoms with van der Waals surface area (Å²) in [6.07, 6.45) is 4.08. The second-order valence-electron chi connectivity index (χ2n) is 4.51. The van der Waals surface area contributed by atoms with Gasteiger partial charge in [-0.25, -0.2) is 4.98 Å². The summed E-state index contributed by atoms with van der Waals surface area (Å²) in [5.74, 6) is 0.548. The van der Waals surface area contributed by atoms with E-state index in [2.05, 4.69) is 14.9 Å². The van der Waals surface area contributed by atoms with Crippen molar-refractivity contribution in [2.75, 3.05) is 24.5 Å². The summed E-state index contributed by atoms with van der Waals surface area (Å²) in [6, 6.07) is 4.43. The molecule has 0 saturated carbocycles. The molecule has 3 rings (SSSR count). The summed E-state index contributed by atoms with van der Waals surface area (Å²) in [5.41, 5.74) is 7.15. The number of hydrogen-bond acceptors (Lipinski definition) is 5. The number of aromatic nitrogens is 2. The average molecular weight is 232 g/mol. The van der Waals surface area contributed by atoms with E-state index in [9.17, 15) is 0 Å². The fourth-order valence-corrected chi connectivity index (χ4v) is 2.32. The summed E-state index contributed by atoms with van der Waals surface area (Å²) in [5, 5.41) is 0. The van der Waals surface area contributed by atoms with Crippen molar-refractivity contribution in [3.8, 4) is 0 Å². The summed E-state index contributed by atoms with van der Waals surface area (Å²) >= 11 is 0. The fourth-order valence-electron chi connectivity index (χ4n) is 2.32. The molecular formula is C12H16N4O. The number of piperidine rings is 1. The Morgan fingerprint density at radius 1 is 1.53 bits per heavy atom. The largest absolute Gasteiger partial charge is 0.422 e. The molecule has 0 unspecified atom stereocenters. The van der Waals surface area contributed by atoms with Crippen LogP contribution in [0, 0.1) is 5.92 Å². The van der Waals surface area contributed by atoms with Crippen molar-refractivity contribution in [1.29, 1.82) is 0 Å². The summed E-state index contributed by atoms with van der Waals surface area (Å²) in [7, 11) is 0. The van der Waals surface area contributed by atoms with Gasteiger partial charge in [-0.2, -0.15) is 4.98 Å². The molecule has 1 aliphatic heterocycles. The maximum Gasteiger partial charge on any atom is 0.299 e. The van der Waals surface area contributed by atoms with Crippen LogP contribution in [0.15, 0.2) is 22.7 Å². The van der Waals surface area contributed by atoms with E-state index in [-0.39, 0.29) is 0 Å². The van der Waals surface area contributed by atoms with Gasteiger partial charge in [-0.3, -0.25) is 0 Å². The Morgan fingerprint density at radius 2 is 2.47 bits per heavy atom. The topological polar surface area (TPSA) is 68.2 Å². The van der Waals surface area contributed by atoms with Gasteiger partial charge >= 0.3 is 0 Å². The number of oxazole rings is 1. The molecule has 0 bridgehead atoms. The highest BCUT2D eigenvalue weighted by Gasteiger charge is 2.22. The first-order valence-corrected chi connectivity index (χ1v) is 6.03. The Balaban J connectivity index is 1.87. The van der Waals surface area contributed by atoms with Gasteiger partial charge in [-0.05, 0) is 37.4 Å². The summed E-state index contributed by atoms with van der Waals surface area (Å²) in [6.45, 7) is 2.65. The number of pyridine rings is 1. The van der Waals surface area contributed by atoms with Crippen LogP contribution >= 0.6 is 0 Å². The number of nitrogens with two attached hydrogens (primary N) is 1. The molecule has 5 nitrogen and oxygen atoms in total. The number of anilines is 1. The molecule has 0 aromatic carbocycles. The van der Waals surface area contributed by atoms with E-state index in [0.717, 1.165) is 31.6 Å². The molecule has 5 heteroatoms.